The molecule has 1 atom stereocenters. The zero-order valence-electron chi connectivity index (χ0n) is 7.16. The lowest BCUT2D eigenvalue weighted by Crippen LogP contribution is -2.21. The molecule has 0 amide bonds. The van der Waals surface area contributed by atoms with E-state index in [2.05, 4.69) is 6.07 Å². The summed E-state index contributed by atoms with van der Waals surface area (Å²) in [6.45, 7) is 0.498. The van der Waals surface area contributed by atoms with Crippen LogP contribution in [0.3, 0.4) is 0 Å². The first-order chi connectivity index (χ1) is 5.79. The maximum Gasteiger partial charge on any atom is 0.0430 e. The van der Waals surface area contributed by atoms with Crippen LogP contribution in [0, 0.1) is 0 Å². The van der Waals surface area contributed by atoms with Crippen molar-refractivity contribution in [2.75, 3.05) is 12.8 Å². The fraction of sp³-hybridized carbons (Fsp3) is 0.333. The first-order valence-electron chi connectivity index (χ1n) is 3.88. The fourth-order valence-corrected chi connectivity index (χ4v) is 1.77. The van der Waals surface area contributed by atoms with Gasteiger partial charge in [0.1, 0.15) is 0 Å². The van der Waals surface area contributed by atoms with Crippen LogP contribution in [-0.2, 0) is 0 Å². The second-order valence-corrected chi connectivity index (χ2v) is 3.43. The van der Waals surface area contributed by atoms with E-state index in [4.69, 9.17) is 11.5 Å². The molecule has 12 heavy (non-hydrogen) atoms. The maximum absolute atomic E-state index is 5.83. The van der Waals surface area contributed by atoms with E-state index in [-0.39, 0.29) is 6.04 Å². The smallest absolute Gasteiger partial charge is 0.0430 e. The Morgan fingerprint density at radius 1 is 1.42 bits per heavy atom. The molecule has 1 aromatic carbocycles. The monoisotopic (exact) mass is 182 g/mol. The summed E-state index contributed by atoms with van der Waals surface area (Å²) in [6.07, 6.45) is 2.04. The second-order valence-electron chi connectivity index (χ2n) is 2.58. The van der Waals surface area contributed by atoms with Gasteiger partial charge in [-0.15, -0.1) is 11.8 Å². The number of thioether (sulfide) groups is 1. The van der Waals surface area contributed by atoms with Gasteiger partial charge in [-0.3, -0.25) is 0 Å². The summed E-state index contributed by atoms with van der Waals surface area (Å²) in [4.78, 5) is 1.22. The minimum atomic E-state index is -0.0337. The van der Waals surface area contributed by atoms with Gasteiger partial charge in [0.05, 0.1) is 0 Å². The van der Waals surface area contributed by atoms with E-state index in [1.165, 1.54) is 4.90 Å². The van der Waals surface area contributed by atoms with E-state index in [9.17, 15) is 0 Å². The zero-order valence-corrected chi connectivity index (χ0v) is 7.97. The van der Waals surface area contributed by atoms with Crippen LogP contribution in [-0.4, -0.2) is 12.8 Å². The van der Waals surface area contributed by atoms with Gasteiger partial charge in [-0.1, -0.05) is 18.2 Å². The first kappa shape index (κ1) is 9.58. The molecule has 0 aliphatic carbocycles. The highest BCUT2D eigenvalue weighted by molar-refractivity contribution is 7.98. The topological polar surface area (TPSA) is 52.0 Å². The summed E-state index contributed by atoms with van der Waals surface area (Å²) in [5, 5.41) is 0. The average Bonchev–Trinajstić information content (AvgIpc) is 2.16. The van der Waals surface area contributed by atoms with Gasteiger partial charge in [0.2, 0.25) is 0 Å². The number of nitrogens with two attached hydrogens (primary N) is 2. The van der Waals surface area contributed by atoms with Crippen LogP contribution in [0.5, 0.6) is 0 Å². The number of hydrogen-bond acceptors (Lipinski definition) is 3. The van der Waals surface area contributed by atoms with E-state index in [0.717, 1.165) is 5.56 Å². The van der Waals surface area contributed by atoms with Crippen molar-refractivity contribution >= 4 is 11.8 Å². The number of benzene rings is 1. The number of rotatable bonds is 3. The molecule has 0 saturated heterocycles. The minimum absolute atomic E-state index is 0.0337. The summed E-state index contributed by atoms with van der Waals surface area (Å²) >= 11 is 1.70. The molecular formula is C9H14N2S. The molecule has 0 aromatic heterocycles. The highest BCUT2D eigenvalue weighted by Crippen LogP contribution is 2.23. The second kappa shape index (κ2) is 4.50. The van der Waals surface area contributed by atoms with E-state index < -0.39 is 0 Å². The Morgan fingerprint density at radius 3 is 2.67 bits per heavy atom. The van der Waals surface area contributed by atoms with Crippen LogP contribution in [0.15, 0.2) is 29.2 Å². The lowest BCUT2D eigenvalue weighted by Gasteiger charge is -2.12. The minimum Gasteiger partial charge on any atom is -0.329 e. The molecule has 0 radical (unpaired) electrons. The fourth-order valence-electron chi connectivity index (χ4n) is 1.10. The molecule has 1 aromatic rings. The van der Waals surface area contributed by atoms with Gasteiger partial charge in [0.15, 0.2) is 0 Å². The molecule has 0 spiro atoms. The molecule has 2 nitrogen and oxygen atoms in total. The van der Waals surface area contributed by atoms with Crippen molar-refractivity contribution in [3.8, 4) is 0 Å². The van der Waals surface area contributed by atoms with Crippen molar-refractivity contribution in [2.24, 2.45) is 11.5 Å². The lowest BCUT2D eigenvalue weighted by atomic mass is 10.1. The van der Waals surface area contributed by atoms with Crippen molar-refractivity contribution in [3.05, 3.63) is 29.8 Å². The van der Waals surface area contributed by atoms with Crippen LogP contribution in [0.2, 0.25) is 0 Å². The van der Waals surface area contributed by atoms with Crippen molar-refractivity contribution in [1.82, 2.24) is 0 Å². The molecule has 0 saturated carbocycles. The number of hydrogen-bond donors (Lipinski definition) is 2. The van der Waals surface area contributed by atoms with Gasteiger partial charge in [0.25, 0.3) is 0 Å². The molecule has 0 bridgehead atoms. The third-order valence-corrected chi connectivity index (χ3v) is 2.60. The third-order valence-electron chi connectivity index (χ3n) is 1.79. The predicted octanol–water partition coefficient (Wildman–Crippen LogP) is 1.37. The third kappa shape index (κ3) is 2.00. The standard InChI is InChI=1S/C9H14N2S/c1-12-9-5-3-2-4-7(9)8(11)6-10/h2-5,8H,6,10-11H2,1H3/t8-/m1/s1. The SMILES string of the molecule is CSc1ccccc1[C@H](N)CN. The first-order valence-corrected chi connectivity index (χ1v) is 5.10. The summed E-state index contributed by atoms with van der Waals surface area (Å²) in [6, 6.07) is 8.07. The summed E-state index contributed by atoms with van der Waals surface area (Å²) in [5.74, 6) is 0. The molecule has 66 valence electrons. The van der Waals surface area contributed by atoms with Crippen LogP contribution < -0.4 is 11.5 Å². The molecule has 0 heterocycles. The maximum atomic E-state index is 5.83. The highest BCUT2D eigenvalue weighted by atomic mass is 32.2. The summed E-state index contributed by atoms with van der Waals surface area (Å²) in [7, 11) is 0. The van der Waals surface area contributed by atoms with Crippen molar-refractivity contribution < 1.29 is 0 Å². The summed E-state index contributed by atoms with van der Waals surface area (Å²) in [5.41, 5.74) is 12.5. The Balaban J connectivity index is 2.96. The van der Waals surface area contributed by atoms with Crippen molar-refractivity contribution in [3.63, 3.8) is 0 Å². The van der Waals surface area contributed by atoms with Crippen molar-refractivity contribution in [2.45, 2.75) is 10.9 Å². The van der Waals surface area contributed by atoms with E-state index >= 15 is 0 Å². The van der Waals surface area contributed by atoms with Crippen LogP contribution in [0.1, 0.15) is 11.6 Å². The Kier molecular flexibility index (Phi) is 3.59. The molecule has 3 heteroatoms. The molecule has 0 fully saturated rings. The van der Waals surface area contributed by atoms with E-state index in [1.807, 2.05) is 24.5 Å². The molecular weight excluding hydrogens is 168 g/mol. The van der Waals surface area contributed by atoms with E-state index in [1.54, 1.807) is 11.8 Å². The van der Waals surface area contributed by atoms with Crippen LogP contribution in [0.25, 0.3) is 0 Å². The largest absolute Gasteiger partial charge is 0.329 e. The normalized spacial score (nSPS) is 12.9. The Hall–Kier alpha value is -0.510. The van der Waals surface area contributed by atoms with Crippen molar-refractivity contribution in [1.29, 1.82) is 0 Å². The quantitative estimate of drug-likeness (QED) is 0.694. The average molecular weight is 182 g/mol. The molecule has 1 rings (SSSR count). The Bertz CT molecular complexity index is 250. The molecule has 4 N–H and O–H groups in total. The van der Waals surface area contributed by atoms with Crippen LogP contribution in [0.4, 0.5) is 0 Å². The zero-order chi connectivity index (χ0) is 8.97. The van der Waals surface area contributed by atoms with E-state index in [0.29, 0.717) is 6.54 Å². The molecule has 0 aliphatic heterocycles. The predicted molar refractivity (Wildman–Crippen MR) is 54.2 cm³/mol. The summed E-state index contributed by atoms with van der Waals surface area (Å²) < 4.78 is 0. The Labute approximate surface area is 77.3 Å². The van der Waals surface area contributed by atoms with Gasteiger partial charge >= 0.3 is 0 Å². The van der Waals surface area contributed by atoms with Gasteiger partial charge < -0.3 is 11.5 Å². The highest BCUT2D eigenvalue weighted by Gasteiger charge is 2.06. The van der Waals surface area contributed by atoms with Gasteiger partial charge in [-0.25, -0.2) is 0 Å². The lowest BCUT2D eigenvalue weighted by molar-refractivity contribution is 0.723. The van der Waals surface area contributed by atoms with Gasteiger partial charge in [-0.2, -0.15) is 0 Å². The molecule has 0 unspecified atom stereocenters. The van der Waals surface area contributed by atoms with Gasteiger partial charge in [0, 0.05) is 17.5 Å². The van der Waals surface area contributed by atoms with Crippen LogP contribution >= 0.6 is 11.8 Å². The van der Waals surface area contributed by atoms with Gasteiger partial charge in [-0.05, 0) is 17.9 Å². The Morgan fingerprint density at radius 2 is 2.08 bits per heavy atom. The molecule has 0 aliphatic rings.